The third-order valence-electron chi connectivity index (χ3n) is 3.82. The Balaban J connectivity index is 2.63. The number of thioether (sulfide) groups is 1. The van der Waals surface area contributed by atoms with Crippen molar-refractivity contribution < 1.29 is 19.1 Å². The summed E-state index contributed by atoms with van der Waals surface area (Å²) in [6, 6.07) is 1.05. The zero-order valence-corrected chi connectivity index (χ0v) is 19.6. The van der Waals surface area contributed by atoms with Gasteiger partial charge in [-0.1, -0.05) is 62.5 Å². The summed E-state index contributed by atoms with van der Waals surface area (Å²) in [4.78, 5) is 23.3. The minimum atomic E-state index is -1.20. The van der Waals surface area contributed by atoms with Gasteiger partial charge in [0.1, 0.15) is 21.7 Å². The van der Waals surface area contributed by atoms with Crippen LogP contribution in [-0.2, 0) is 14.3 Å². The van der Waals surface area contributed by atoms with Crippen molar-refractivity contribution in [2.75, 3.05) is 5.75 Å². The van der Waals surface area contributed by atoms with Crippen LogP contribution in [0.1, 0.15) is 34.6 Å². The highest BCUT2D eigenvalue weighted by Crippen LogP contribution is 2.39. The Morgan fingerprint density at radius 1 is 1.32 bits per heavy atom. The van der Waals surface area contributed by atoms with Gasteiger partial charge in [-0.05, 0) is 24.1 Å². The van der Waals surface area contributed by atoms with E-state index in [9.17, 15) is 9.59 Å². The largest absolute Gasteiger partial charge is 0.510 e. The molecule has 0 spiro atoms. The van der Waals surface area contributed by atoms with Crippen LogP contribution in [0.5, 0.6) is 0 Å². The van der Waals surface area contributed by atoms with E-state index in [2.05, 4.69) is 20.8 Å². The molecule has 0 saturated carbocycles. The summed E-state index contributed by atoms with van der Waals surface area (Å²) in [5.41, 5.74) is -0.989. The highest BCUT2D eigenvalue weighted by atomic mass is 35.5. The number of alkyl halides is 3. The van der Waals surface area contributed by atoms with Crippen LogP contribution in [0.2, 0.25) is 6.04 Å². The molecule has 4 atom stereocenters. The van der Waals surface area contributed by atoms with E-state index in [0.29, 0.717) is 0 Å². The summed E-state index contributed by atoms with van der Waals surface area (Å²) in [6.07, 6.45) is -1.57. The molecule has 5 nitrogen and oxygen atoms in total. The third-order valence-corrected chi connectivity index (χ3v) is 9.27. The lowest BCUT2D eigenvalue weighted by Gasteiger charge is -2.49. The first kappa shape index (κ1) is 23.2. The molecule has 0 aromatic heterocycles. The molecule has 10 heteroatoms. The lowest BCUT2D eigenvalue weighted by Crippen LogP contribution is -2.64. The predicted molar refractivity (Wildman–Crippen MR) is 107 cm³/mol. The molecule has 1 rings (SSSR count). The van der Waals surface area contributed by atoms with Crippen LogP contribution in [-0.4, -0.2) is 53.9 Å². The minimum Gasteiger partial charge on any atom is -0.430 e. The number of nitrogens with zero attached hydrogens (tertiary/aromatic N) is 1. The fourth-order valence-corrected chi connectivity index (χ4v) is 6.24. The maximum absolute atomic E-state index is 12.6. The molecule has 0 aliphatic carbocycles. The topological polar surface area (TPSA) is 55.8 Å². The van der Waals surface area contributed by atoms with Crippen LogP contribution >= 0.6 is 46.6 Å². The number of rotatable bonds is 8. The highest BCUT2D eigenvalue weighted by molar-refractivity contribution is 8.00. The lowest BCUT2D eigenvalue weighted by atomic mass is 9.95. The Hall–Kier alpha value is 0.177. The van der Waals surface area contributed by atoms with Gasteiger partial charge in [-0.25, -0.2) is 4.79 Å². The van der Waals surface area contributed by atoms with Crippen molar-refractivity contribution >= 4 is 68.3 Å². The second-order valence-corrected chi connectivity index (χ2v) is 11.7. The summed E-state index contributed by atoms with van der Waals surface area (Å²) < 4.78 is 12.0. The van der Waals surface area contributed by atoms with Gasteiger partial charge in [0.25, 0.3) is 0 Å². The van der Waals surface area contributed by atoms with Crippen LogP contribution in [0, 0.1) is 11.3 Å². The lowest BCUT2D eigenvalue weighted by molar-refractivity contribution is -0.149. The van der Waals surface area contributed by atoms with Crippen molar-refractivity contribution in [3.63, 3.8) is 0 Å². The number of ether oxygens (including phenoxy) is 2. The van der Waals surface area contributed by atoms with E-state index in [4.69, 9.17) is 44.3 Å². The normalized spacial score (nSPS) is 23.7. The monoisotopic (exact) mass is 449 g/mol. The number of β-lactam (4-membered cyclic amide) rings is 1. The van der Waals surface area contributed by atoms with Gasteiger partial charge in [-0.2, -0.15) is 0 Å². The Morgan fingerprint density at radius 2 is 1.92 bits per heavy atom. The van der Waals surface area contributed by atoms with Gasteiger partial charge in [-0.3, -0.25) is 4.79 Å². The quantitative estimate of drug-likeness (QED) is 0.242. The molecular formula is C15H26Cl3NO4SSi. The zero-order valence-electron chi connectivity index (χ0n) is 15.1. The number of amides is 1. The van der Waals surface area contributed by atoms with E-state index in [1.54, 1.807) is 18.7 Å². The van der Waals surface area contributed by atoms with E-state index in [1.165, 1.54) is 0 Å². The molecule has 1 saturated heterocycles. The van der Waals surface area contributed by atoms with Crippen LogP contribution in [0.3, 0.4) is 0 Å². The van der Waals surface area contributed by atoms with Crippen molar-refractivity contribution in [2.45, 2.75) is 62.5 Å². The molecule has 0 aromatic rings. The number of carbonyl (C=O) groups excluding carboxylic acids is 2. The SMILES string of the molecule is CCSC1C(C(C)OC(=O)OC(Cl)C(Cl)Cl)C(=O)N1[SiH2]CC(C)(C)C. The van der Waals surface area contributed by atoms with Gasteiger partial charge in [-0.15, -0.1) is 11.8 Å². The Kier molecular flexibility index (Phi) is 9.22. The molecule has 0 aromatic carbocycles. The fraction of sp³-hybridized carbons (Fsp3) is 0.867. The first-order valence-corrected chi connectivity index (χ1v) is 12.2. The molecule has 25 heavy (non-hydrogen) atoms. The maximum atomic E-state index is 12.6. The molecule has 1 aliphatic rings. The van der Waals surface area contributed by atoms with Crippen molar-refractivity contribution in [3.05, 3.63) is 0 Å². The number of carbonyl (C=O) groups is 2. The standard InChI is InChI=1S/C15H26Cl3NO4SSi/c1-6-24-13-9(12(20)19(13)25-7-15(3,4)5)8(2)22-14(21)23-11(18)10(16)17/h8-11,13H,6-7,25H2,1-5H3. The average Bonchev–Trinajstić information content (AvgIpc) is 2.45. The summed E-state index contributed by atoms with van der Waals surface area (Å²) in [7, 11) is -0.681. The van der Waals surface area contributed by atoms with Gasteiger partial charge in [0.2, 0.25) is 11.5 Å². The molecule has 1 heterocycles. The van der Waals surface area contributed by atoms with Crippen molar-refractivity contribution in [2.24, 2.45) is 11.3 Å². The average molecular weight is 451 g/mol. The number of hydrogen-bond acceptors (Lipinski definition) is 5. The van der Waals surface area contributed by atoms with Crippen LogP contribution < -0.4 is 0 Å². The fourth-order valence-electron chi connectivity index (χ4n) is 2.44. The molecule has 146 valence electrons. The molecule has 0 radical (unpaired) electrons. The van der Waals surface area contributed by atoms with Gasteiger partial charge in [0.15, 0.2) is 4.84 Å². The summed E-state index contributed by atoms with van der Waals surface area (Å²) in [5, 5.41) is 0.0508. The van der Waals surface area contributed by atoms with E-state index in [-0.39, 0.29) is 22.6 Å². The second kappa shape index (κ2) is 9.92. The summed E-state index contributed by atoms with van der Waals surface area (Å²) >= 11 is 18.4. The van der Waals surface area contributed by atoms with Gasteiger partial charge < -0.3 is 14.0 Å². The molecule has 0 N–H and O–H groups in total. The molecule has 1 amide bonds. The van der Waals surface area contributed by atoms with E-state index < -0.39 is 32.3 Å². The van der Waals surface area contributed by atoms with E-state index in [1.807, 2.05) is 11.5 Å². The van der Waals surface area contributed by atoms with Crippen LogP contribution in [0.15, 0.2) is 0 Å². The first-order chi connectivity index (χ1) is 11.5. The molecular weight excluding hydrogens is 425 g/mol. The van der Waals surface area contributed by atoms with E-state index in [0.717, 1.165) is 11.8 Å². The number of halogens is 3. The van der Waals surface area contributed by atoms with Crippen molar-refractivity contribution in [1.82, 2.24) is 4.57 Å². The van der Waals surface area contributed by atoms with Gasteiger partial charge in [0.05, 0.1) is 5.37 Å². The smallest absolute Gasteiger partial charge is 0.430 e. The summed E-state index contributed by atoms with van der Waals surface area (Å²) in [6.45, 7) is 10.3. The first-order valence-electron chi connectivity index (χ1n) is 8.19. The van der Waals surface area contributed by atoms with Crippen LogP contribution in [0.4, 0.5) is 4.79 Å². The van der Waals surface area contributed by atoms with Gasteiger partial charge >= 0.3 is 6.16 Å². The van der Waals surface area contributed by atoms with Crippen LogP contribution in [0.25, 0.3) is 0 Å². The Bertz CT molecular complexity index is 478. The zero-order chi connectivity index (χ0) is 19.4. The summed E-state index contributed by atoms with van der Waals surface area (Å²) in [5.74, 6) is 0.578. The predicted octanol–water partition coefficient (Wildman–Crippen LogP) is 3.98. The van der Waals surface area contributed by atoms with E-state index >= 15 is 0 Å². The van der Waals surface area contributed by atoms with Gasteiger partial charge in [0, 0.05) is 0 Å². The molecule has 1 fully saturated rings. The molecule has 0 bridgehead atoms. The molecule has 4 unspecified atom stereocenters. The minimum absolute atomic E-state index is 0.0508. The Labute approximate surface area is 171 Å². The third kappa shape index (κ3) is 7.01. The number of hydrogen-bond donors (Lipinski definition) is 0. The van der Waals surface area contributed by atoms with Crippen molar-refractivity contribution in [3.8, 4) is 0 Å². The molecule has 1 aliphatic heterocycles. The second-order valence-electron chi connectivity index (χ2n) is 7.09. The van der Waals surface area contributed by atoms with Crippen molar-refractivity contribution in [1.29, 1.82) is 0 Å². The maximum Gasteiger partial charge on any atom is 0.510 e. The Morgan fingerprint density at radius 3 is 2.40 bits per heavy atom. The highest BCUT2D eigenvalue weighted by Gasteiger charge is 2.51.